The second kappa shape index (κ2) is 7.48. The lowest BCUT2D eigenvalue weighted by Gasteiger charge is -2.31. The lowest BCUT2D eigenvalue weighted by molar-refractivity contribution is -0.149. The normalized spacial score (nSPS) is 23.4. The molecule has 1 unspecified atom stereocenters. The van der Waals surface area contributed by atoms with Gasteiger partial charge in [-0.25, -0.2) is 0 Å². The topological polar surface area (TPSA) is 35.5 Å². The molecule has 1 aromatic carbocycles. The van der Waals surface area contributed by atoms with Crippen molar-refractivity contribution in [3.05, 3.63) is 29.8 Å². The Bertz CT molecular complexity index is 444. The number of carbonyl (C=O) groups is 1. The van der Waals surface area contributed by atoms with Crippen LogP contribution in [0.3, 0.4) is 0 Å². The smallest absolute Gasteiger partial charge is 0.308 e. The van der Waals surface area contributed by atoms with E-state index in [1.54, 1.807) is 7.11 Å². The number of esters is 1. The molecule has 1 atom stereocenters. The standard InChI is InChI=1S/C18H26O3/c1-4-21-18(19)13(2)14-5-7-15(8-6-14)16-9-11-17(20-3)12-10-16/h9-15H,4-8H2,1-3H3. The first kappa shape index (κ1) is 15.9. The molecule has 2 rings (SSSR count). The summed E-state index contributed by atoms with van der Waals surface area (Å²) in [4.78, 5) is 11.8. The summed E-state index contributed by atoms with van der Waals surface area (Å²) in [5.41, 5.74) is 1.39. The van der Waals surface area contributed by atoms with E-state index < -0.39 is 0 Å². The van der Waals surface area contributed by atoms with Crippen LogP contribution >= 0.6 is 0 Å². The van der Waals surface area contributed by atoms with Gasteiger partial charge >= 0.3 is 5.97 Å². The molecule has 0 saturated heterocycles. The Morgan fingerprint density at radius 1 is 1.19 bits per heavy atom. The quantitative estimate of drug-likeness (QED) is 0.764. The van der Waals surface area contributed by atoms with E-state index in [1.165, 1.54) is 5.56 Å². The Kier molecular flexibility index (Phi) is 5.66. The number of hydrogen-bond donors (Lipinski definition) is 0. The lowest BCUT2D eigenvalue weighted by atomic mass is 9.74. The van der Waals surface area contributed by atoms with Crippen molar-refractivity contribution < 1.29 is 14.3 Å². The molecule has 0 N–H and O–H groups in total. The highest BCUT2D eigenvalue weighted by Crippen LogP contribution is 2.39. The Labute approximate surface area is 127 Å². The molecule has 0 aromatic heterocycles. The second-order valence-electron chi connectivity index (χ2n) is 5.93. The van der Waals surface area contributed by atoms with Gasteiger partial charge in [0.1, 0.15) is 5.75 Å². The summed E-state index contributed by atoms with van der Waals surface area (Å²) in [5.74, 6) is 1.98. The van der Waals surface area contributed by atoms with Gasteiger partial charge in [0.15, 0.2) is 0 Å². The average Bonchev–Trinajstić information content (AvgIpc) is 2.54. The van der Waals surface area contributed by atoms with Gasteiger partial charge in [0.2, 0.25) is 0 Å². The summed E-state index contributed by atoms with van der Waals surface area (Å²) in [5, 5.41) is 0. The van der Waals surface area contributed by atoms with E-state index in [9.17, 15) is 4.79 Å². The van der Waals surface area contributed by atoms with Crippen molar-refractivity contribution in [2.24, 2.45) is 11.8 Å². The Hall–Kier alpha value is -1.51. The molecule has 1 fully saturated rings. The fourth-order valence-corrected chi connectivity index (χ4v) is 3.29. The van der Waals surface area contributed by atoms with E-state index in [-0.39, 0.29) is 11.9 Å². The molecule has 1 aliphatic carbocycles. The first-order valence-corrected chi connectivity index (χ1v) is 7.96. The van der Waals surface area contributed by atoms with Crippen LogP contribution < -0.4 is 4.74 Å². The van der Waals surface area contributed by atoms with E-state index in [4.69, 9.17) is 9.47 Å². The van der Waals surface area contributed by atoms with Crippen LogP contribution in [0.25, 0.3) is 0 Å². The molecule has 0 bridgehead atoms. The first-order chi connectivity index (χ1) is 10.2. The van der Waals surface area contributed by atoms with Gasteiger partial charge in [-0.15, -0.1) is 0 Å². The van der Waals surface area contributed by atoms with E-state index in [1.807, 2.05) is 26.0 Å². The molecule has 0 spiro atoms. The maximum Gasteiger partial charge on any atom is 0.308 e. The SMILES string of the molecule is CCOC(=O)C(C)C1CCC(c2ccc(OC)cc2)CC1. The molecule has 1 aliphatic rings. The van der Waals surface area contributed by atoms with Gasteiger partial charge in [-0.05, 0) is 62.1 Å². The maximum atomic E-state index is 11.8. The van der Waals surface area contributed by atoms with Crippen molar-refractivity contribution >= 4 is 5.97 Å². The van der Waals surface area contributed by atoms with Gasteiger partial charge in [-0.1, -0.05) is 19.1 Å². The monoisotopic (exact) mass is 290 g/mol. The Balaban J connectivity index is 1.88. The number of rotatable bonds is 5. The predicted octanol–water partition coefficient (Wildman–Crippen LogP) is 4.17. The number of benzene rings is 1. The molecule has 3 nitrogen and oxygen atoms in total. The van der Waals surface area contributed by atoms with Crippen LogP contribution in [0.15, 0.2) is 24.3 Å². The number of ether oxygens (including phenoxy) is 2. The van der Waals surface area contributed by atoms with E-state index in [2.05, 4.69) is 12.1 Å². The third-order valence-corrected chi connectivity index (χ3v) is 4.72. The molecule has 0 aliphatic heterocycles. The molecule has 21 heavy (non-hydrogen) atoms. The molecule has 0 heterocycles. The third kappa shape index (κ3) is 3.99. The van der Waals surface area contributed by atoms with Crippen molar-refractivity contribution in [3.63, 3.8) is 0 Å². The summed E-state index contributed by atoms with van der Waals surface area (Å²) in [6, 6.07) is 8.39. The van der Waals surface area contributed by atoms with E-state index in [0.29, 0.717) is 18.4 Å². The molecule has 3 heteroatoms. The van der Waals surface area contributed by atoms with Crippen LogP contribution in [-0.2, 0) is 9.53 Å². The van der Waals surface area contributed by atoms with Crippen LogP contribution in [0.4, 0.5) is 0 Å². The van der Waals surface area contributed by atoms with Crippen LogP contribution in [-0.4, -0.2) is 19.7 Å². The molecule has 0 amide bonds. The van der Waals surface area contributed by atoms with Crippen molar-refractivity contribution in [2.75, 3.05) is 13.7 Å². The summed E-state index contributed by atoms with van der Waals surface area (Å²) in [6.07, 6.45) is 4.52. The van der Waals surface area contributed by atoms with E-state index >= 15 is 0 Å². The largest absolute Gasteiger partial charge is 0.497 e. The zero-order chi connectivity index (χ0) is 15.2. The maximum absolute atomic E-state index is 11.8. The predicted molar refractivity (Wildman–Crippen MR) is 83.5 cm³/mol. The van der Waals surface area contributed by atoms with Gasteiger partial charge in [0.05, 0.1) is 19.6 Å². The fraction of sp³-hybridized carbons (Fsp3) is 0.611. The summed E-state index contributed by atoms with van der Waals surface area (Å²) >= 11 is 0. The van der Waals surface area contributed by atoms with Crippen molar-refractivity contribution in [3.8, 4) is 5.75 Å². The number of carbonyl (C=O) groups excluding carboxylic acids is 1. The van der Waals surface area contributed by atoms with Crippen molar-refractivity contribution in [1.29, 1.82) is 0 Å². The highest BCUT2D eigenvalue weighted by atomic mass is 16.5. The van der Waals surface area contributed by atoms with Gasteiger partial charge in [-0.3, -0.25) is 4.79 Å². The second-order valence-corrected chi connectivity index (χ2v) is 5.93. The number of methoxy groups -OCH3 is 1. The van der Waals surface area contributed by atoms with Crippen LogP contribution in [0, 0.1) is 11.8 Å². The summed E-state index contributed by atoms with van der Waals surface area (Å²) in [6.45, 7) is 4.35. The van der Waals surface area contributed by atoms with Gasteiger partial charge in [0.25, 0.3) is 0 Å². The molecule has 1 saturated carbocycles. The highest BCUT2D eigenvalue weighted by molar-refractivity contribution is 5.72. The van der Waals surface area contributed by atoms with Gasteiger partial charge in [0, 0.05) is 0 Å². The molecular weight excluding hydrogens is 264 g/mol. The average molecular weight is 290 g/mol. The number of hydrogen-bond acceptors (Lipinski definition) is 3. The minimum absolute atomic E-state index is 0.0294. The van der Waals surface area contributed by atoms with Crippen LogP contribution in [0.5, 0.6) is 5.75 Å². The zero-order valence-corrected chi connectivity index (χ0v) is 13.3. The van der Waals surface area contributed by atoms with Gasteiger partial charge in [-0.2, -0.15) is 0 Å². The minimum atomic E-state index is -0.0367. The molecule has 0 radical (unpaired) electrons. The summed E-state index contributed by atoms with van der Waals surface area (Å²) in [7, 11) is 1.69. The van der Waals surface area contributed by atoms with Crippen LogP contribution in [0.2, 0.25) is 0 Å². The minimum Gasteiger partial charge on any atom is -0.497 e. The fourth-order valence-electron chi connectivity index (χ4n) is 3.29. The molecular formula is C18H26O3. The molecule has 1 aromatic rings. The highest BCUT2D eigenvalue weighted by Gasteiger charge is 2.30. The van der Waals surface area contributed by atoms with Crippen molar-refractivity contribution in [1.82, 2.24) is 0 Å². The Morgan fingerprint density at radius 2 is 1.81 bits per heavy atom. The van der Waals surface area contributed by atoms with E-state index in [0.717, 1.165) is 31.4 Å². The summed E-state index contributed by atoms with van der Waals surface area (Å²) < 4.78 is 10.3. The third-order valence-electron chi connectivity index (χ3n) is 4.72. The molecule has 116 valence electrons. The zero-order valence-electron chi connectivity index (χ0n) is 13.3. The van der Waals surface area contributed by atoms with Gasteiger partial charge < -0.3 is 9.47 Å². The Morgan fingerprint density at radius 3 is 2.33 bits per heavy atom. The van der Waals surface area contributed by atoms with Crippen molar-refractivity contribution in [2.45, 2.75) is 45.4 Å². The lowest BCUT2D eigenvalue weighted by Crippen LogP contribution is -2.26. The van der Waals surface area contributed by atoms with Crippen LogP contribution in [0.1, 0.15) is 51.0 Å². The first-order valence-electron chi connectivity index (χ1n) is 7.96.